The van der Waals surface area contributed by atoms with Crippen LogP contribution in [0, 0.1) is 4.77 Å². The van der Waals surface area contributed by atoms with E-state index < -0.39 is 0 Å². The molecule has 0 atom stereocenters. The molecule has 1 N–H and O–H groups in total. The number of carbonyl (C=O) groups is 1. The molecule has 0 saturated heterocycles. The molecule has 0 spiro atoms. The molecule has 0 saturated carbocycles. The molecule has 0 aliphatic heterocycles. The fourth-order valence-corrected chi connectivity index (χ4v) is 3.06. The molecule has 27 heavy (non-hydrogen) atoms. The highest BCUT2D eigenvalue weighted by molar-refractivity contribution is 7.71. The lowest BCUT2D eigenvalue weighted by atomic mass is 10.1. The first kappa shape index (κ1) is 18.8. The Balaban J connectivity index is 1.83. The van der Waals surface area contributed by atoms with Gasteiger partial charge < -0.3 is 14.6 Å². The van der Waals surface area contributed by atoms with Crippen LogP contribution in [-0.2, 0) is 13.6 Å². The molecule has 3 rings (SSSR count). The van der Waals surface area contributed by atoms with Gasteiger partial charge in [-0.1, -0.05) is 12.1 Å². The summed E-state index contributed by atoms with van der Waals surface area (Å²) in [6.07, 6.45) is 0. The Bertz CT molecular complexity index is 1100. The molecular formula is C20H21N3O3S. The van der Waals surface area contributed by atoms with Gasteiger partial charge in [0.15, 0.2) is 4.77 Å². The van der Waals surface area contributed by atoms with Gasteiger partial charge in [0.2, 0.25) is 0 Å². The number of rotatable bonds is 5. The first-order valence-corrected chi connectivity index (χ1v) is 9.01. The number of hydrogen-bond acceptors (Lipinski definition) is 4. The van der Waals surface area contributed by atoms with Gasteiger partial charge in [0.05, 0.1) is 17.5 Å². The summed E-state index contributed by atoms with van der Waals surface area (Å²) < 4.78 is 7.12. The van der Waals surface area contributed by atoms with Crippen LogP contribution in [0.2, 0.25) is 0 Å². The second kappa shape index (κ2) is 7.75. The van der Waals surface area contributed by atoms with Crippen molar-refractivity contribution in [3.8, 4) is 5.75 Å². The molecular weight excluding hydrogens is 362 g/mol. The van der Waals surface area contributed by atoms with E-state index in [1.54, 1.807) is 37.2 Å². The van der Waals surface area contributed by atoms with E-state index in [9.17, 15) is 9.59 Å². The van der Waals surface area contributed by atoms with Crippen LogP contribution in [-0.4, -0.2) is 34.0 Å². The number of hydrogen-bond donors (Lipinski definition) is 1. The molecule has 6 nitrogen and oxygen atoms in total. The third kappa shape index (κ3) is 3.93. The minimum Gasteiger partial charge on any atom is -0.494 e. The van der Waals surface area contributed by atoms with E-state index in [1.807, 2.05) is 31.2 Å². The second-order valence-corrected chi connectivity index (χ2v) is 6.68. The average molecular weight is 383 g/mol. The molecule has 0 aliphatic carbocycles. The van der Waals surface area contributed by atoms with E-state index in [0.717, 1.165) is 11.3 Å². The van der Waals surface area contributed by atoms with Crippen LogP contribution in [0.4, 0.5) is 0 Å². The number of benzene rings is 2. The van der Waals surface area contributed by atoms with E-state index in [4.69, 9.17) is 17.0 Å². The number of aromatic amines is 1. The Kier molecular flexibility index (Phi) is 5.41. The van der Waals surface area contributed by atoms with Crippen LogP contribution in [0.15, 0.2) is 47.3 Å². The Hall–Kier alpha value is -2.93. The monoisotopic (exact) mass is 383 g/mol. The third-order valence-corrected chi connectivity index (χ3v) is 4.72. The molecule has 1 aromatic heterocycles. The van der Waals surface area contributed by atoms with Crippen molar-refractivity contribution in [2.45, 2.75) is 13.5 Å². The van der Waals surface area contributed by atoms with E-state index >= 15 is 0 Å². The summed E-state index contributed by atoms with van der Waals surface area (Å²) in [6.45, 7) is 3.02. The molecule has 0 aliphatic rings. The Morgan fingerprint density at radius 3 is 2.59 bits per heavy atom. The number of aromatic nitrogens is 2. The van der Waals surface area contributed by atoms with Crippen LogP contribution in [0.3, 0.4) is 0 Å². The number of nitrogens with zero attached hydrogens (tertiary/aromatic N) is 2. The van der Waals surface area contributed by atoms with Crippen LogP contribution in [0.1, 0.15) is 22.8 Å². The van der Waals surface area contributed by atoms with Gasteiger partial charge in [0, 0.05) is 26.2 Å². The number of ether oxygens (including phenoxy) is 1. The number of H-pyrrole nitrogens is 1. The minimum absolute atomic E-state index is 0.134. The molecule has 0 unspecified atom stereocenters. The number of nitrogens with one attached hydrogen (secondary N) is 1. The lowest BCUT2D eigenvalue weighted by Crippen LogP contribution is -2.26. The summed E-state index contributed by atoms with van der Waals surface area (Å²) in [5, 5.41) is 0.497. The SMILES string of the molecule is CCOc1ccc(CN(C)C(=O)c2ccc3c(=O)n(C)c(=S)[nH]c3c2)cc1. The van der Waals surface area contributed by atoms with Gasteiger partial charge in [-0.25, -0.2) is 0 Å². The maximum atomic E-state index is 12.8. The first-order valence-electron chi connectivity index (χ1n) is 8.61. The van der Waals surface area contributed by atoms with Crippen molar-refractivity contribution < 1.29 is 9.53 Å². The van der Waals surface area contributed by atoms with Crippen molar-refractivity contribution in [3.05, 3.63) is 68.7 Å². The van der Waals surface area contributed by atoms with Gasteiger partial charge in [-0.2, -0.15) is 0 Å². The standard InChI is InChI=1S/C20H21N3O3S/c1-4-26-15-8-5-13(6-9-15)12-22(2)18(24)14-7-10-16-17(11-14)21-20(27)23(3)19(16)25/h5-11H,4,12H2,1-3H3,(H,21,27). The van der Waals surface area contributed by atoms with E-state index in [1.165, 1.54) is 4.57 Å². The average Bonchev–Trinajstić information content (AvgIpc) is 2.67. The van der Waals surface area contributed by atoms with E-state index in [2.05, 4.69) is 4.98 Å². The van der Waals surface area contributed by atoms with Crippen molar-refractivity contribution in [1.82, 2.24) is 14.5 Å². The summed E-state index contributed by atoms with van der Waals surface area (Å²) >= 11 is 5.15. The van der Waals surface area contributed by atoms with Gasteiger partial charge in [-0.15, -0.1) is 0 Å². The second-order valence-electron chi connectivity index (χ2n) is 6.29. The fourth-order valence-electron chi connectivity index (χ4n) is 2.86. The predicted octanol–water partition coefficient (Wildman–Crippen LogP) is 3.27. The topological polar surface area (TPSA) is 67.3 Å². The highest BCUT2D eigenvalue weighted by Crippen LogP contribution is 2.16. The summed E-state index contributed by atoms with van der Waals surface area (Å²) in [4.78, 5) is 29.7. The Morgan fingerprint density at radius 2 is 1.93 bits per heavy atom. The van der Waals surface area contributed by atoms with Crippen molar-refractivity contribution in [3.63, 3.8) is 0 Å². The van der Waals surface area contributed by atoms with Crippen molar-refractivity contribution in [2.24, 2.45) is 7.05 Å². The molecule has 0 radical (unpaired) electrons. The zero-order valence-corrected chi connectivity index (χ0v) is 16.3. The molecule has 7 heteroatoms. The van der Waals surface area contributed by atoms with Crippen molar-refractivity contribution in [1.29, 1.82) is 0 Å². The molecule has 140 valence electrons. The van der Waals surface area contributed by atoms with Crippen LogP contribution >= 0.6 is 12.2 Å². The van der Waals surface area contributed by atoms with Crippen molar-refractivity contribution >= 4 is 29.0 Å². The van der Waals surface area contributed by atoms with Crippen LogP contribution in [0.25, 0.3) is 10.9 Å². The van der Waals surface area contributed by atoms with Crippen LogP contribution in [0.5, 0.6) is 5.75 Å². The lowest BCUT2D eigenvalue weighted by Gasteiger charge is -2.18. The zero-order chi connectivity index (χ0) is 19.6. The van der Waals surface area contributed by atoms with Gasteiger partial charge in [0.25, 0.3) is 11.5 Å². The van der Waals surface area contributed by atoms with E-state index in [-0.39, 0.29) is 11.5 Å². The number of fused-ring (bicyclic) bond motifs is 1. The minimum atomic E-state index is -0.185. The highest BCUT2D eigenvalue weighted by atomic mass is 32.1. The Labute approximate surface area is 162 Å². The smallest absolute Gasteiger partial charge is 0.261 e. The molecule has 1 heterocycles. The number of amides is 1. The maximum absolute atomic E-state index is 12.8. The molecule has 0 fully saturated rings. The van der Waals surface area contributed by atoms with Gasteiger partial charge in [-0.05, 0) is 55.0 Å². The summed E-state index contributed by atoms with van der Waals surface area (Å²) in [7, 11) is 3.36. The van der Waals surface area contributed by atoms with Gasteiger partial charge in [0.1, 0.15) is 5.75 Å². The zero-order valence-electron chi connectivity index (χ0n) is 15.5. The summed E-state index contributed by atoms with van der Waals surface area (Å²) in [5.74, 6) is 0.673. The maximum Gasteiger partial charge on any atom is 0.261 e. The largest absolute Gasteiger partial charge is 0.494 e. The Morgan fingerprint density at radius 1 is 1.22 bits per heavy atom. The summed E-state index contributed by atoms with van der Waals surface area (Å²) in [5.41, 5.74) is 1.87. The molecule has 3 aromatic rings. The molecule has 1 amide bonds. The van der Waals surface area contributed by atoms with Crippen molar-refractivity contribution in [2.75, 3.05) is 13.7 Å². The fraction of sp³-hybridized carbons (Fsp3) is 0.250. The molecule has 0 bridgehead atoms. The summed E-state index contributed by atoms with van der Waals surface area (Å²) in [6, 6.07) is 12.7. The lowest BCUT2D eigenvalue weighted by molar-refractivity contribution is 0.0785. The number of carbonyl (C=O) groups excluding carboxylic acids is 1. The van der Waals surface area contributed by atoms with Gasteiger partial charge >= 0.3 is 0 Å². The molecule has 2 aromatic carbocycles. The highest BCUT2D eigenvalue weighted by Gasteiger charge is 2.14. The third-order valence-electron chi connectivity index (χ3n) is 4.35. The first-order chi connectivity index (χ1) is 12.9. The quantitative estimate of drug-likeness (QED) is 0.687. The van der Waals surface area contributed by atoms with Gasteiger partial charge in [-0.3, -0.25) is 14.2 Å². The van der Waals surface area contributed by atoms with Crippen LogP contribution < -0.4 is 10.3 Å². The normalized spacial score (nSPS) is 10.8. The predicted molar refractivity (Wildman–Crippen MR) is 108 cm³/mol. The van der Waals surface area contributed by atoms with E-state index in [0.29, 0.717) is 34.4 Å².